The van der Waals surface area contributed by atoms with Crippen LogP contribution in [0.15, 0.2) is 18.2 Å². The first kappa shape index (κ1) is 15.2. The predicted octanol–water partition coefficient (Wildman–Crippen LogP) is 2.48. The maximum atomic E-state index is 12.1. The topological polar surface area (TPSA) is 93.8 Å². The number of anilines is 2. The number of nitrogens with zero attached hydrogens (tertiary/aromatic N) is 3. The molecule has 2 rings (SSSR count). The number of carbonyl (C=O) groups is 1. The van der Waals surface area contributed by atoms with Gasteiger partial charge in [0.2, 0.25) is 5.95 Å². The number of hydrogen-bond donors (Lipinski definition) is 2. The van der Waals surface area contributed by atoms with Crippen LogP contribution in [-0.2, 0) is 12.8 Å². The maximum Gasteiger partial charge on any atom is 0.258 e. The summed E-state index contributed by atoms with van der Waals surface area (Å²) >= 11 is 5.90. The fourth-order valence-corrected chi connectivity index (χ4v) is 2.01. The molecule has 2 aromatic rings. The highest BCUT2D eigenvalue weighted by atomic mass is 35.5. The van der Waals surface area contributed by atoms with Gasteiger partial charge in [0, 0.05) is 5.56 Å². The molecule has 0 aliphatic heterocycles. The average molecular weight is 306 g/mol. The van der Waals surface area contributed by atoms with Gasteiger partial charge >= 0.3 is 0 Å². The van der Waals surface area contributed by atoms with Crippen LogP contribution in [0.4, 0.5) is 11.6 Å². The van der Waals surface area contributed by atoms with E-state index in [0.29, 0.717) is 16.3 Å². The lowest BCUT2D eigenvalue weighted by Crippen LogP contribution is -2.16. The molecule has 1 heterocycles. The number of aryl methyl sites for hydroxylation is 2. The molecule has 7 heteroatoms. The Bertz CT molecular complexity index is 674. The number of nitrogens with one attached hydrogen (secondary N) is 1. The smallest absolute Gasteiger partial charge is 0.258 e. The Labute approximate surface area is 127 Å². The maximum absolute atomic E-state index is 12.1. The highest BCUT2D eigenvalue weighted by Crippen LogP contribution is 2.20. The molecule has 3 N–H and O–H groups in total. The third-order valence-electron chi connectivity index (χ3n) is 3.00. The minimum absolute atomic E-state index is 0.182. The van der Waals surface area contributed by atoms with Crippen molar-refractivity contribution in [2.45, 2.75) is 26.7 Å². The molecule has 0 aliphatic carbocycles. The number of halogens is 1. The van der Waals surface area contributed by atoms with Crippen LogP contribution in [0.25, 0.3) is 0 Å². The van der Waals surface area contributed by atoms with Crippen LogP contribution in [-0.4, -0.2) is 21.1 Å². The van der Waals surface area contributed by atoms with Crippen LogP contribution < -0.4 is 11.1 Å². The average Bonchev–Trinajstić information content (AvgIpc) is 2.49. The SMILES string of the molecule is CCc1nnc(NC(=O)c2ccc(N)c(Cl)c2)nc1CC. The van der Waals surface area contributed by atoms with E-state index in [1.807, 2.05) is 13.8 Å². The summed E-state index contributed by atoms with van der Waals surface area (Å²) in [6.45, 7) is 3.97. The van der Waals surface area contributed by atoms with Crippen molar-refractivity contribution in [3.63, 3.8) is 0 Å². The number of benzene rings is 1. The zero-order valence-electron chi connectivity index (χ0n) is 11.9. The van der Waals surface area contributed by atoms with Gasteiger partial charge in [0.25, 0.3) is 5.91 Å². The molecule has 110 valence electrons. The standard InChI is InChI=1S/C14H16ClN5O/c1-3-11-12(4-2)19-20-14(17-11)18-13(21)8-5-6-10(16)9(15)7-8/h5-7H,3-4,16H2,1-2H3,(H,17,18,20,21). The molecule has 1 aromatic heterocycles. The molecule has 0 fully saturated rings. The van der Waals surface area contributed by atoms with Crippen LogP contribution in [0.3, 0.4) is 0 Å². The van der Waals surface area contributed by atoms with Gasteiger partial charge in [-0.05, 0) is 31.0 Å². The highest BCUT2D eigenvalue weighted by Gasteiger charge is 2.12. The summed E-state index contributed by atoms with van der Waals surface area (Å²) in [4.78, 5) is 16.4. The quantitative estimate of drug-likeness (QED) is 0.846. The number of carbonyl (C=O) groups excluding carboxylic acids is 1. The normalized spacial score (nSPS) is 10.4. The third kappa shape index (κ3) is 3.46. The van der Waals surface area contributed by atoms with E-state index in [9.17, 15) is 4.79 Å². The molecule has 1 amide bonds. The van der Waals surface area contributed by atoms with E-state index in [2.05, 4.69) is 20.5 Å². The molecule has 21 heavy (non-hydrogen) atoms. The van der Waals surface area contributed by atoms with Crippen LogP contribution in [0, 0.1) is 0 Å². The van der Waals surface area contributed by atoms with E-state index < -0.39 is 0 Å². The molecular weight excluding hydrogens is 290 g/mol. The van der Waals surface area contributed by atoms with Crippen molar-refractivity contribution in [1.29, 1.82) is 0 Å². The van der Waals surface area contributed by atoms with Crippen LogP contribution >= 0.6 is 11.6 Å². The summed E-state index contributed by atoms with van der Waals surface area (Å²) < 4.78 is 0. The fourth-order valence-electron chi connectivity index (χ4n) is 1.83. The summed E-state index contributed by atoms with van der Waals surface area (Å²) in [6, 6.07) is 4.67. The molecule has 0 saturated carbocycles. The molecule has 1 aromatic carbocycles. The molecule has 0 spiro atoms. The zero-order chi connectivity index (χ0) is 15.4. The number of hydrogen-bond acceptors (Lipinski definition) is 5. The summed E-state index contributed by atoms with van der Waals surface area (Å²) in [5, 5.41) is 10.9. The number of aromatic nitrogens is 3. The van der Waals surface area contributed by atoms with E-state index in [4.69, 9.17) is 17.3 Å². The molecule has 0 atom stereocenters. The highest BCUT2D eigenvalue weighted by molar-refractivity contribution is 6.33. The van der Waals surface area contributed by atoms with Crippen LogP contribution in [0.5, 0.6) is 0 Å². The number of nitrogens with two attached hydrogens (primary N) is 1. The lowest BCUT2D eigenvalue weighted by Gasteiger charge is -2.07. The Balaban J connectivity index is 2.21. The summed E-state index contributed by atoms with van der Waals surface area (Å²) in [5.41, 5.74) is 8.09. The van der Waals surface area contributed by atoms with E-state index >= 15 is 0 Å². The second kappa shape index (κ2) is 6.49. The Morgan fingerprint density at radius 1 is 1.24 bits per heavy atom. The molecular formula is C14H16ClN5O. The summed E-state index contributed by atoms with van der Waals surface area (Å²) in [5.74, 6) is -0.174. The summed E-state index contributed by atoms with van der Waals surface area (Å²) in [6.07, 6.45) is 1.49. The van der Waals surface area contributed by atoms with Crippen LogP contribution in [0.2, 0.25) is 5.02 Å². The van der Waals surface area contributed by atoms with Gasteiger partial charge in [0.1, 0.15) is 0 Å². The van der Waals surface area contributed by atoms with Crippen molar-refractivity contribution < 1.29 is 4.79 Å². The monoisotopic (exact) mass is 305 g/mol. The number of rotatable bonds is 4. The van der Waals surface area contributed by atoms with Crippen molar-refractivity contribution in [2.24, 2.45) is 0 Å². The van der Waals surface area contributed by atoms with Gasteiger partial charge in [0.05, 0.1) is 22.1 Å². The van der Waals surface area contributed by atoms with Gasteiger partial charge < -0.3 is 5.73 Å². The second-order valence-electron chi connectivity index (χ2n) is 4.43. The molecule has 0 radical (unpaired) electrons. The second-order valence-corrected chi connectivity index (χ2v) is 4.83. The van der Waals surface area contributed by atoms with Crippen LogP contribution in [0.1, 0.15) is 35.6 Å². The van der Waals surface area contributed by atoms with E-state index in [1.54, 1.807) is 12.1 Å². The molecule has 0 unspecified atom stereocenters. The lowest BCUT2D eigenvalue weighted by molar-refractivity contribution is 0.102. The Hall–Kier alpha value is -2.21. The van der Waals surface area contributed by atoms with E-state index in [0.717, 1.165) is 24.2 Å². The van der Waals surface area contributed by atoms with Gasteiger partial charge in [-0.15, -0.1) is 10.2 Å². The van der Waals surface area contributed by atoms with Gasteiger partial charge in [-0.3, -0.25) is 10.1 Å². The first-order valence-electron chi connectivity index (χ1n) is 6.64. The zero-order valence-corrected chi connectivity index (χ0v) is 12.6. The van der Waals surface area contributed by atoms with E-state index in [1.165, 1.54) is 6.07 Å². The van der Waals surface area contributed by atoms with E-state index in [-0.39, 0.29) is 11.9 Å². The van der Waals surface area contributed by atoms with Crippen molar-refractivity contribution >= 4 is 29.1 Å². The van der Waals surface area contributed by atoms with Gasteiger partial charge in [-0.1, -0.05) is 25.4 Å². The minimum atomic E-state index is -0.356. The first-order chi connectivity index (χ1) is 10.0. The number of amides is 1. The van der Waals surface area contributed by atoms with Gasteiger partial charge in [-0.2, -0.15) is 0 Å². The van der Waals surface area contributed by atoms with Crippen molar-refractivity contribution in [2.75, 3.05) is 11.1 Å². The Morgan fingerprint density at radius 2 is 1.95 bits per heavy atom. The predicted molar refractivity (Wildman–Crippen MR) is 82.4 cm³/mol. The lowest BCUT2D eigenvalue weighted by atomic mass is 10.2. The summed E-state index contributed by atoms with van der Waals surface area (Å²) in [7, 11) is 0. The van der Waals surface area contributed by atoms with Crippen molar-refractivity contribution in [1.82, 2.24) is 15.2 Å². The fraction of sp³-hybridized carbons (Fsp3) is 0.286. The number of nitrogen functional groups attached to an aromatic ring is 1. The molecule has 0 bridgehead atoms. The van der Waals surface area contributed by atoms with Crippen molar-refractivity contribution in [3.05, 3.63) is 40.2 Å². The molecule has 6 nitrogen and oxygen atoms in total. The molecule has 0 saturated heterocycles. The Kier molecular flexibility index (Phi) is 4.70. The minimum Gasteiger partial charge on any atom is -0.398 e. The van der Waals surface area contributed by atoms with Gasteiger partial charge in [-0.25, -0.2) is 4.98 Å². The molecule has 0 aliphatic rings. The van der Waals surface area contributed by atoms with Crippen molar-refractivity contribution in [3.8, 4) is 0 Å². The van der Waals surface area contributed by atoms with Gasteiger partial charge in [0.15, 0.2) is 0 Å². The third-order valence-corrected chi connectivity index (χ3v) is 3.32. The largest absolute Gasteiger partial charge is 0.398 e. The Morgan fingerprint density at radius 3 is 2.57 bits per heavy atom. The first-order valence-corrected chi connectivity index (χ1v) is 7.01.